The molecule has 0 N–H and O–H groups in total. The van der Waals surface area contributed by atoms with E-state index in [0.717, 1.165) is 11.8 Å². The first-order valence-corrected chi connectivity index (χ1v) is 7.27. The van der Waals surface area contributed by atoms with E-state index >= 15 is 0 Å². The Hall–Kier alpha value is -1.24. The van der Waals surface area contributed by atoms with Gasteiger partial charge in [-0.05, 0) is 46.4 Å². The Kier molecular flexibility index (Phi) is 8.29. The van der Waals surface area contributed by atoms with Crippen LogP contribution in [0.5, 0.6) is 0 Å². The van der Waals surface area contributed by atoms with Gasteiger partial charge in [-0.3, -0.25) is 9.59 Å². The summed E-state index contributed by atoms with van der Waals surface area (Å²) in [5.41, 5.74) is -0.639. The zero-order valence-corrected chi connectivity index (χ0v) is 13.4. The van der Waals surface area contributed by atoms with Crippen LogP contribution in [0.3, 0.4) is 0 Å². The number of rotatable bonds is 6. The Labute approximate surface area is 123 Å². The molecule has 0 unspecified atom stereocenters. The second kappa shape index (κ2) is 8.84. The Balaban J connectivity index is 3.70. The molecule has 0 heterocycles. The van der Waals surface area contributed by atoms with Gasteiger partial charge in [0, 0.05) is 5.75 Å². The van der Waals surface area contributed by atoms with Crippen LogP contribution >= 0.6 is 11.8 Å². The van der Waals surface area contributed by atoms with Gasteiger partial charge in [0.1, 0.15) is 0 Å². The number of carbonyl (C=O) groups excluding carboxylic acids is 3. The normalized spacial score (nSPS) is 11.1. The molecule has 0 saturated carbocycles. The van der Waals surface area contributed by atoms with Gasteiger partial charge in [0.05, 0.1) is 17.9 Å². The molecule has 0 aromatic carbocycles. The quantitative estimate of drug-likeness (QED) is 0.551. The number of hydrogen-bond acceptors (Lipinski definition) is 7. The van der Waals surface area contributed by atoms with Crippen LogP contribution in [-0.4, -0.2) is 35.9 Å². The molecule has 20 heavy (non-hydrogen) atoms. The summed E-state index contributed by atoms with van der Waals surface area (Å²) in [6.07, 6.45) is -0.0454. The van der Waals surface area contributed by atoms with Crippen molar-refractivity contribution in [3.05, 3.63) is 0 Å². The van der Waals surface area contributed by atoms with Gasteiger partial charge in [0.2, 0.25) is 6.79 Å². The lowest BCUT2D eigenvalue weighted by Crippen LogP contribution is -2.24. The summed E-state index contributed by atoms with van der Waals surface area (Å²) in [6, 6.07) is 0. The Morgan fingerprint density at radius 1 is 1.10 bits per heavy atom. The third-order valence-electron chi connectivity index (χ3n) is 1.87. The summed E-state index contributed by atoms with van der Waals surface area (Å²) in [4.78, 5) is 33.8. The molecule has 7 heteroatoms. The molecule has 0 aliphatic heterocycles. The number of thioether (sulfide) groups is 1. The van der Waals surface area contributed by atoms with E-state index in [0.29, 0.717) is 0 Å². The van der Waals surface area contributed by atoms with E-state index in [1.165, 1.54) is 0 Å². The zero-order chi connectivity index (χ0) is 15.8. The Bertz CT molecular complexity index is 345. The van der Waals surface area contributed by atoms with Crippen molar-refractivity contribution in [1.82, 2.24) is 0 Å². The van der Waals surface area contributed by atoms with E-state index in [1.54, 1.807) is 34.6 Å². The molecule has 0 spiro atoms. The van der Waals surface area contributed by atoms with Gasteiger partial charge in [-0.1, -0.05) is 0 Å². The highest BCUT2D eigenvalue weighted by atomic mass is 32.2. The topological polar surface area (TPSA) is 78.9 Å². The summed E-state index contributed by atoms with van der Waals surface area (Å²) in [5.74, 6) is -0.548. The second-order valence-electron chi connectivity index (χ2n) is 5.33. The maximum absolute atomic E-state index is 11.4. The van der Waals surface area contributed by atoms with Crippen LogP contribution < -0.4 is 0 Å². The molecule has 0 bridgehead atoms. The first-order chi connectivity index (χ1) is 9.12. The second-order valence-corrected chi connectivity index (χ2v) is 6.36. The number of hydrogen-bond donors (Lipinski definition) is 0. The minimum atomic E-state index is -0.639. The molecule has 6 nitrogen and oxygen atoms in total. The van der Waals surface area contributed by atoms with Crippen LogP contribution in [-0.2, 0) is 23.8 Å². The molecule has 0 amide bonds. The smallest absolute Gasteiger partial charge is 0.370 e. The van der Waals surface area contributed by atoms with Gasteiger partial charge >= 0.3 is 17.2 Å². The SMILES string of the molecule is CC(C)OC(=O)CCSC(=O)OCOC(=O)C(C)(C)C. The van der Waals surface area contributed by atoms with Crippen molar-refractivity contribution in [2.75, 3.05) is 12.5 Å². The summed E-state index contributed by atoms with van der Waals surface area (Å²) in [6.45, 7) is 8.19. The lowest BCUT2D eigenvalue weighted by molar-refractivity contribution is -0.160. The van der Waals surface area contributed by atoms with Crippen LogP contribution in [0.25, 0.3) is 0 Å². The largest absolute Gasteiger partial charge is 0.463 e. The monoisotopic (exact) mass is 306 g/mol. The molecule has 0 aliphatic rings. The van der Waals surface area contributed by atoms with Crippen molar-refractivity contribution in [3.63, 3.8) is 0 Å². The van der Waals surface area contributed by atoms with Gasteiger partial charge < -0.3 is 14.2 Å². The molecular weight excluding hydrogens is 284 g/mol. The van der Waals surface area contributed by atoms with Crippen molar-refractivity contribution in [2.45, 2.75) is 47.1 Å². The average molecular weight is 306 g/mol. The number of ether oxygens (including phenoxy) is 3. The number of esters is 2. The maximum atomic E-state index is 11.4. The highest BCUT2D eigenvalue weighted by Gasteiger charge is 2.23. The molecule has 0 aromatic heterocycles. The summed E-state index contributed by atoms with van der Waals surface area (Å²) < 4.78 is 14.4. The van der Waals surface area contributed by atoms with Gasteiger partial charge in [-0.25, -0.2) is 4.79 Å². The first kappa shape index (κ1) is 18.8. The van der Waals surface area contributed by atoms with Gasteiger partial charge in [-0.15, -0.1) is 0 Å². The van der Waals surface area contributed by atoms with Gasteiger partial charge in [0.15, 0.2) is 0 Å². The Morgan fingerprint density at radius 3 is 2.20 bits per heavy atom. The summed E-state index contributed by atoms with van der Waals surface area (Å²) in [5, 5.41) is -0.593. The van der Waals surface area contributed by atoms with E-state index < -0.39 is 23.5 Å². The fraction of sp³-hybridized carbons (Fsp3) is 0.769. The number of carbonyl (C=O) groups is 3. The van der Waals surface area contributed by atoms with E-state index in [-0.39, 0.29) is 24.2 Å². The van der Waals surface area contributed by atoms with Crippen molar-refractivity contribution in [2.24, 2.45) is 5.41 Å². The fourth-order valence-electron chi connectivity index (χ4n) is 0.929. The minimum absolute atomic E-state index is 0.125. The van der Waals surface area contributed by atoms with Crippen LogP contribution in [0.1, 0.15) is 41.0 Å². The third-order valence-corrected chi connectivity index (χ3v) is 2.63. The summed E-state index contributed by atoms with van der Waals surface area (Å²) in [7, 11) is 0. The maximum Gasteiger partial charge on any atom is 0.370 e. The highest BCUT2D eigenvalue weighted by molar-refractivity contribution is 8.13. The zero-order valence-electron chi connectivity index (χ0n) is 12.6. The van der Waals surface area contributed by atoms with Crippen molar-refractivity contribution < 1.29 is 28.6 Å². The lowest BCUT2D eigenvalue weighted by Gasteiger charge is -2.16. The molecule has 0 aliphatic carbocycles. The van der Waals surface area contributed by atoms with E-state index in [1.807, 2.05) is 0 Å². The molecule has 0 rings (SSSR count). The van der Waals surface area contributed by atoms with Crippen molar-refractivity contribution >= 4 is 29.0 Å². The van der Waals surface area contributed by atoms with E-state index in [4.69, 9.17) is 14.2 Å². The summed E-state index contributed by atoms with van der Waals surface area (Å²) >= 11 is 0.838. The average Bonchev–Trinajstić information content (AvgIpc) is 2.26. The Morgan fingerprint density at radius 2 is 1.70 bits per heavy atom. The standard InChI is InChI=1S/C13H22O6S/c1-9(2)19-10(14)6-7-20-12(16)18-8-17-11(15)13(3,4)5/h9H,6-8H2,1-5H3. The third kappa shape index (κ3) is 9.66. The molecule has 0 aromatic rings. The van der Waals surface area contributed by atoms with Crippen LogP contribution in [0, 0.1) is 5.41 Å². The van der Waals surface area contributed by atoms with E-state index in [9.17, 15) is 14.4 Å². The van der Waals surface area contributed by atoms with Crippen LogP contribution in [0.2, 0.25) is 0 Å². The highest BCUT2D eigenvalue weighted by Crippen LogP contribution is 2.15. The predicted octanol–water partition coefficient (Wildman–Crippen LogP) is 2.74. The van der Waals surface area contributed by atoms with Crippen LogP contribution in [0.4, 0.5) is 4.79 Å². The van der Waals surface area contributed by atoms with E-state index in [2.05, 4.69) is 0 Å². The van der Waals surface area contributed by atoms with Crippen LogP contribution in [0.15, 0.2) is 0 Å². The molecule has 0 atom stereocenters. The first-order valence-electron chi connectivity index (χ1n) is 6.29. The minimum Gasteiger partial charge on any atom is -0.463 e. The lowest BCUT2D eigenvalue weighted by atomic mass is 9.98. The fourth-order valence-corrected chi connectivity index (χ4v) is 1.50. The van der Waals surface area contributed by atoms with Gasteiger partial charge in [-0.2, -0.15) is 0 Å². The molecular formula is C13H22O6S. The predicted molar refractivity (Wildman–Crippen MR) is 75.2 cm³/mol. The molecule has 0 saturated heterocycles. The van der Waals surface area contributed by atoms with Crippen molar-refractivity contribution in [3.8, 4) is 0 Å². The van der Waals surface area contributed by atoms with Crippen molar-refractivity contribution in [1.29, 1.82) is 0 Å². The molecule has 116 valence electrons. The molecule has 0 fully saturated rings. The van der Waals surface area contributed by atoms with Gasteiger partial charge in [0.25, 0.3) is 0 Å². The molecule has 0 radical (unpaired) electrons.